The van der Waals surface area contributed by atoms with E-state index in [0.29, 0.717) is 23.2 Å². The first-order valence-corrected chi connectivity index (χ1v) is 11.6. The van der Waals surface area contributed by atoms with E-state index >= 15 is 0 Å². The monoisotopic (exact) mass is 372 g/mol. The average Bonchev–Trinajstić information content (AvgIpc) is 2.97. The van der Waals surface area contributed by atoms with Crippen LogP contribution in [0.4, 0.5) is 0 Å². The van der Waals surface area contributed by atoms with Crippen LogP contribution in [0, 0.1) is 46.3 Å². The second kappa shape index (κ2) is 6.92. The number of carboxylic acid groups (broad SMARTS) is 1. The Labute approximate surface area is 166 Å². The summed E-state index contributed by atoms with van der Waals surface area (Å²) in [4.78, 5) is 11.1. The minimum Gasteiger partial charge on any atom is -0.481 e. The first-order valence-electron chi connectivity index (χ1n) is 11.6. The molecule has 0 spiro atoms. The van der Waals surface area contributed by atoms with E-state index in [0.717, 1.165) is 36.0 Å². The quantitative estimate of drug-likeness (QED) is 0.557. The molecule has 1 unspecified atom stereocenters. The third-order valence-electron chi connectivity index (χ3n) is 10.2. The lowest BCUT2D eigenvalue weighted by atomic mass is 9.44. The molecule has 0 saturated heterocycles. The van der Waals surface area contributed by atoms with Gasteiger partial charge in [-0.25, -0.2) is 0 Å². The van der Waals surface area contributed by atoms with Gasteiger partial charge in [-0.15, -0.1) is 0 Å². The largest absolute Gasteiger partial charge is 0.481 e. The van der Waals surface area contributed by atoms with Gasteiger partial charge in [-0.3, -0.25) is 4.79 Å². The van der Waals surface area contributed by atoms with Crippen LogP contribution >= 0.6 is 0 Å². The molecular formula is C25H40O2. The van der Waals surface area contributed by atoms with Gasteiger partial charge in [0.2, 0.25) is 0 Å². The summed E-state index contributed by atoms with van der Waals surface area (Å²) >= 11 is 0. The minimum atomic E-state index is -0.629. The third kappa shape index (κ3) is 3.10. The lowest BCUT2D eigenvalue weighted by Crippen LogP contribution is -2.53. The molecular weight excluding hydrogens is 332 g/mol. The van der Waals surface area contributed by atoms with Crippen LogP contribution in [0.5, 0.6) is 0 Å². The highest BCUT2D eigenvalue weighted by molar-refractivity contribution is 5.66. The Balaban J connectivity index is 1.52. The molecule has 152 valence electrons. The molecule has 0 aromatic heterocycles. The van der Waals surface area contributed by atoms with Gasteiger partial charge in [0.05, 0.1) is 0 Å². The first-order chi connectivity index (χ1) is 12.8. The van der Waals surface area contributed by atoms with Gasteiger partial charge in [-0.05, 0) is 111 Å². The molecule has 4 rings (SSSR count). The third-order valence-corrected chi connectivity index (χ3v) is 10.2. The molecule has 0 amide bonds. The van der Waals surface area contributed by atoms with Gasteiger partial charge < -0.3 is 5.11 Å². The van der Waals surface area contributed by atoms with E-state index in [1.54, 1.807) is 0 Å². The van der Waals surface area contributed by atoms with Crippen LogP contribution < -0.4 is 0 Å². The normalized spacial score (nSPS) is 47.7. The second-order valence-corrected chi connectivity index (χ2v) is 11.2. The lowest BCUT2D eigenvalue weighted by Gasteiger charge is -2.61. The zero-order valence-corrected chi connectivity index (χ0v) is 17.8. The number of rotatable bonds is 4. The lowest BCUT2D eigenvalue weighted by molar-refractivity contribution is -0.137. The van der Waals surface area contributed by atoms with Crippen molar-refractivity contribution in [1.82, 2.24) is 0 Å². The molecule has 0 heterocycles. The van der Waals surface area contributed by atoms with E-state index in [9.17, 15) is 4.79 Å². The van der Waals surface area contributed by atoms with E-state index in [-0.39, 0.29) is 0 Å². The van der Waals surface area contributed by atoms with Crippen molar-refractivity contribution in [3.63, 3.8) is 0 Å². The summed E-state index contributed by atoms with van der Waals surface area (Å²) in [5.74, 6) is 4.28. The number of fused-ring (bicyclic) bond motifs is 5. The Morgan fingerprint density at radius 2 is 1.85 bits per heavy atom. The van der Waals surface area contributed by atoms with Gasteiger partial charge in [0.1, 0.15) is 0 Å². The number of carbonyl (C=O) groups is 1. The van der Waals surface area contributed by atoms with Crippen LogP contribution in [-0.4, -0.2) is 11.1 Å². The van der Waals surface area contributed by atoms with Crippen LogP contribution in [0.1, 0.15) is 91.4 Å². The van der Waals surface area contributed by atoms with Crippen molar-refractivity contribution in [3.05, 3.63) is 12.2 Å². The summed E-state index contributed by atoms with van der Waals surface area (Å²) in [6, 6.07) is 0. The standard InChI is InChI=1S/C25H40O2/c1-16-11-13-24(3)18(15-16)6-7-19-21-9-8-20(17(2)5-10-23(26)27)25(21,4)14-12-22(19)24/h17-22H,1,5-15H2,2-4H3,(H,26,27)/t17-,18?,19+,20-,21+,22+,24+,25-/m1/s1. The number of aliphatic carboxylic acids is 1. The highest BCUT2D eigenvalue weighted by atomic mass is 16.4. The first kappa shape index (κ1) is 19.5. The van der Waals surface area contributed by atoms with Crippen LogP contribution in [-0.2, 0) is 4.79 Å². The number of carboxylic acids is 1. The molecule has 4 saturated carbocycles. The Morgan fingerprint density at radius 3 is 2.59 bits per heavy atom. The fraction of sp³-hybridized carbons (Fsp3) is 0.880. The fourth-order valence-corrected chi connectivity index (χ4v) is 8.68. The molecule has 4 aliphatic rings. The van der Waals surface area contributed by atoms with Crippen molar-refractivity contribution < 1.29 is 9.90 Å². The molecule has 4 fully saturated rings. The van der Waals surface area contributed by atoms with E-state index in [2.05, 4.69) is 27.4 Å². The summed E-state index contributed by atoms with van der Waals surface area (Å²) in [6.45, 7) is 11.9. The van der Waals surface area contributed by atoms with Gasteiger partial charge in [-0.1, -0.05) is 32.9 Å². The Hall–Kier alpha value is -0.790. The summed E-state index contributed by atoms with van der Waals surface area (Å²) in [6.07, 6.45) is 13.5. The predicted molar refractivity (Wildman–Crippen MR) is 110 cm³/mol. The Kier molecular flexibility index (Phi) is 5.00. The van der Waals surface area contributed by atoms with Crippen LogP contribution in [0.25, 0.3) is 0 Å². The van der Waals surface area contributed by atoms with Gasteiger partial charge in [0.25, 0.3) is 0 Å². The average molecular weight is 373 g/mol. The minimum absolute atomic E-state index is 0.341. The van der Waals surface area contributed by atoms with Crippen molar-refractivity contribution in [2.24, 2.45) is 46.3 Å². The molecule has 27 heavy (non-hydrogen) atoms. The van der Waals surface area contributed by atoms with Gasteiger partial charge in [-0.2, -0.15) is 0 Å². The van der Waals surface area contributed by atoms with Crippen LogP contribution in [0.3, 0.4) is 0 Å². The maximum absolute atomic E-state index is 11.1. The van der Waals surface area contributed by atoms with E-state index in [4.69, 9.17) is 5.11 Å². The van der Waals surface area contributed by atoms with Crippen LogP contribution in [0.2, 0.25) is 0 Å². The fourth-order valence-electron chi connectivity index (χ4n) is 8.68. The van der Waals surface area contributed by atoms with Crippen molar-refractivity contribution in [3.8, 4) is 0 Å². The summed E-state index contributed by atoms with van der Waals surface area (Å²) in [5.41, 5.74) is 2.52. The smallest absolute Gasteiger partial charge is 0.303 e. The molecule has 4 aliphatic carbocycles. The predicted octanol–water partition coefficient (Wildman–Crippen LogP) is 6.70. The molecule has 2 nitrogen and oxygen atoms in total. The van der Waals surface area contributed by atoms with Crippen molar-refractivity contribution >= 4 is 5.97 Å². The van der Waals surface area contributed by atoms with Gasteiger partial charge in [0, 0.05) is 6.42 Å². The molecule has 0 aliphatic heterocycles. The molecule has 1 N–H and O–H groups in total. The number of allylic oxidation sites excluding steroid dienone is 1. The van der Waals surface area contributed by atoms with E-state index in [1.165, 1.54) is 63.4 Å². The Bertz CT molecular complexity index is 609. The van der Waals surface area contributed by atoms with E-state index in [1.807, 2.05) is 0 Å². The Morgan fingerprint density at radius 1 is 1.11 bits per heavy atom. The van der Waals surface area contributed by atoms with Gasteiger partial charge >= 0.3 is 5.97 Å². The molecule has 2 heteroatoms. The van der Waals surface area contributed by atoms with Crippen molar-refractivity contribution in [2.75, 3.05) is 0 Å². The van der Waals surface area contributed by atoms with Crippen LogP contribution in [0.15, 0.2) is 12.2 Å². The highest BCUT2D eigenvalue weighted by Gasteiger charge is 2.60. The second-order valence-electron chi connectivity index (χ2n) is 11.2. The van der Waals surface area contributed by atoms with Crippen molar-refractivity contribution in [1.29, 1.82) is 0 Å². The van der Waals surface area contributed by atoms with Gasteiger partial charge in [0.15, 0.2) is 0 Å². The SMILES string of the molecule is C=C1CC[C@@]2(C)C(CC[C@H]3[C@@H]4CC[C@H]([C@H](C)CCC(=O)O)[C@@]4(C)CC[C@@H]32)C1. The maximum atomic E-state index is 11.1. The zero-order chi connectivity index (χ0) is 19.4. The summed E-state index contributed by atoms with van der Waals surface area (Å²) < 4.78 is 0. The number of hydrogen-bond donors (Lipinski definition) is 1. The molecule has 8 atom stereocenters. The maximum Gasteiger partial charge on any atom is 0.303 e. The summed E-state index contributed by atoms with van der Waals surface area (Å²) in [5, 5.41) is 9.11. The molecule has 0 aromatic rings. The molecule has 0 radical (unpaired) electrons. The summed E-state index contributed by atoms with van der Waals surface area (Å²) in [7, 11) is 0. The topological polar surface area (TPSA) is 37.3 Å². The number of hydrogen-bond acceptors (Lipinski definition) is 1. The highest BCUT2D eigenvalue weighted by Crippen LogP contribution is 2.68. The van der Waals surface area contributed by atoms with Crippen molar-refractivity contribution in [2.45, 2.75) is 91.4 Å². The molecule has 0 aromatic carbocycles. The molecule has 0 bridgehead atoms. The zero-order valence-electron chi connectivity index (χ0n) is 17.8. The van der Waals surface area contributed by atoms with E-state index < -0.39 is 5.97 Å².